The van der Waals surface area contributed by atoms with Gasteiger partial charge in [0.2, 0.25) is 0 Å². The van der Waals surface area contributed by atoms with Crippen LogP contribution >= 0.6 is 11.6 Å². The second kappa shape index (κ2) is 7.52. The fraction of sp³-hybridized carbons (Fsp3) is 0.375. The summed E-state index contributed by atoms with van der Waals surface area (Å²) in [5.74, 6) is -1.92. The number of esters is 1. The van der Waals surface area contributed by atoms with Crippen LogP contribution in [0, 0.1) is 0 Å². The van der Waals surface area contributed by atoms with E-state index in [-0.39, 0.29) is 0 Å². The maximum Gasteiger partial charge on any atom is 0.326 e. The summed E-state index contributed by atoms with van der Waals surface area (Å²) in [6.45, 7) is 2.24. The number of amides is 4. The smallest absolute Gasteiger partial charge is 0.326 e. The molecule has 8 nitrogen and oxygen atoms in total. The maximum atomic E-state index is 12.2. The number of nitrogens with one attached hydrogen (secondary N) is 2. The zero-order chi connectivity index (χ0) is 18.6. The van der Waals surface area contributed by atoms with E-state index in [1.54, 1.807) is 38.1 Å². The highest BCUT2D eigenvalue weighted by molar-refractivity contribution is 6.30. The molecule has 9 heteroatoms. The second-order valence-electron chi connectivity index (χ2n) is 5.73. The molecule has 1 aliphatic rings. The Balaban J connectivity index is 1.83. The van der Waals surface area contributed by atoms with Crippen molar-refractivity contribution < 1.29 is 23.9 Å². The molecule has 134 valence electrons. The summed E-state index contributed by atoms with van der Waals surface area (Å²) in [7, 11) is 0. The molecule has 1 saturated heterocycles. The summed E-state index contributed by atoms with van der Waals surface area (Å²) in [6, 6.07) is 5.82. The quantitative estimate of drug-likeness (QED) is 0.586. The Hall–Kier alpha value is -2.61. The van der Waals surface area contributed by atoms with Gasteiger partial charge in [0.15, 0.2) is 6.61 Å². The Bertz CT molecular complexity index is 723. The van der Waals surface area contributed by atoms with Crippen LogP contribution in [-0.4, -0.2) is 47.4 Å². The minimum Gasteiger partial charge on any atom is -0.454 e. The average Bonchev–Trinajstić information content (AvgIpc) is 2.77. The molecular formula is C16H18ClN3O5. The molecular weight excluding hydrogens is 350 g/mol. The normalized spacial score (nSPS) is 19.6. The highest BCUT2D eigenvalue weighted by Crippen LogP contribution is 2.20. The van der Waals surface area contributed by atoms with E-state index in [0.717, 1.165) is 4.90 Å². The van der Waals surface area contributed by atoms with E-state index in [1.807, 2.05) is 0 Å². The Morgan fingerprint density at radius 1 is 1.36 bits per heavy atom. The lowest BCUT2D eigenvalue weighted by molar-refractivity contribution is -0.150. The number of hydrogen-bond acceptors (Lipinski definition) is 5. The Labute approximate surface area is 149 Å². The van der Waals surface area contributed by atoms with Crippen LogP contribution in [0.2, 0.25) is 5.02 Å². The van der Waals surface area contributed by atoms with Crippen molar-refractivity contribution in [2.24, 2.45) is 0 Å². The Kier molecular flexibility index (Phi) is 5.63. The summed E-state index contributed by atoms with van der Waals surface area (Å²) < 4.78 is 4.81. The molecule has 2 N–H and O–H groups in total. The fourth-order valence-corrected chi connectivity index (χ4v) is 2.40. The SMILES string of the molecule is CC[C@@]1(C)NC(=O)N(CC(=O)OCC(=O)Nc2cccc(Cl)c2)C1=O. The number of benzene rings is 1. The topological polar surface area (TPSA) is 105 Å². The van der Waals surface area contributed by atoms with Gasteiger partial charge in [-0.05, 0) is 31.5 Å². The lowest BCUT2D eigenvalue weighted by atomic mass is 9.99. The molecule has 0 saturated carbocycles. The molecule has 0 bridgehead atoms. The molecule has 1 heterocycles. The van der Waals surface area contributed by atoms with Gasteiger partial charge in [0.25, 0.3) is 11.8 Å². The molecule has 0 unspecified atom stereocenters. The van der Waals surface area contributed by atoms with Crippen LogP contribution in [0.15, 0.2) is 24.3 Å². The van der Waals surface area contributed by atoms with Gasteiger partial charge in [0, 0.05) is 10.7 Å². The van der Waals surface area contributed by atoms with Crippen molar-refractivity contribution in [2.45, 2.75) is 25.8 Å². The first-order valence-electron chi connectivity index (χ1n) is 7.60. The third-order valence-corrected chi connectivity index (χ3v) is 4.05. The largest absolute Gasteiger partial charge is 0.454 e. The average molecular weight is 368 g/mol. The first-order valence-corrected chi connectivity index (χ1v) is 7.98. The number of halogens is 1. The predicted octanol–water partition coefficient (Wildman–Crippen LogP) is 1.54. The molecule has 0 spiro atoms. The minimum atomic E-state index is -1.03. The van der Waals surface area contributed by atoms with Crippen LogP contribution < -0.4 is 10.6 Å². The van der Waals surface area contributed by atoms with Crippen molar-refractivity contribution in [1.82, 2.24) is 10.2 Å². The third kappa shape index (κ3) is 4.48. The summed E-state index contributed by atoms with van der Waals surface area (Å²) in [5, 5.41) is 5.49. The summed E-state index contributed by atoms with van der Waals surface area (Å²) in [4.78, 5) is 48.3. The van der Waals surface area contributed by atoms with Gasteiger partial charge in [0.05, 0.1) is 0 Å². The lowest BCUT2D eigenvalue weighted by Gasteiger charge is -2.18. The number of nitrogens with zero attached hydrogens (tertiary/aromatic N) is 1. The fourth-order valence-electron chi connectivity index (χ4n) is 2.21. The van der Waals surface area contributed by atoms with Crippen LogP contribution in [0.25, 0.3) is 0 Å². The monoisotopic (exact) mass is 367 g/mol. The van der Waals surface area contributed by atoms with Crippen LogP contribution in [0.4, 0.5) is 10.5 Å². The van der Waals surface area contributed by atoms with Crippen LogP contribution in [0.3, 0.4) is 0 Å². The first-order chi connectivity index (χ1) is 11.7. The van der Waals surface area contributed by atoms with Crippen LogP contribution in [0.1, 0.15) is 20.3 Å². The minimum absolute atomic E-state index is 0.394. The van der Waals surface area contributed by atoms with Gasteiger partial charge in [0.1, 0.15) is 12.1 Å². The molecule has 4 amide bonds. The number of carbonyl (C=O) groups is 4. The molecule has 1 aliphatic heterocycles. The first kappa shape index (κ1) is 18.7. The highest BCUT2D eigenvalue weighted by atomic mass is 35.5. The number of imide groups is 1. The van der Waals surface area contributed by atoms with E-state index in [0.29, 0.717) is 17.1 Å². The van der Waals surface area contributed by atoms with Gasteiger partial charge >= 0.3 is 12.0 Å². The van der Waals surface area contributed by atoms with E-state index in [9.17, 15) is 19.2 Å². The Morgan fingerprint density at radius 2 is 2.08 bits per heavy atom. The van der Waals surface area contributed by atoms with Crippen molar-refractivity contribution in [3.05, 3.63) is 29.3 Å². The highest BCUT2D eigenvalue weighted by Gasteiger charge is 2.47. The van der Waals surface area contributed by atoms with E-state index in [4.69, 9.17) is 16.3 Å². The van der Waals surface area contributed by atoms with E-state index < -0.39 is 42.5 Å². The Morgan fingerprint density at radius 3 is 2.68 bits per heavy atom. The number of ether oxygens (including phenoxy) is 1. The molecule has 0 radical (unpaired) electrons. The van der Waals surface area contributed by atoms with Crippen molar-refractivity contribution in [3.63, 3.8) is 0 Å². The number of hydrogen-bond donors (Lipinski definition) is 2. The maximum absolute atomic E-state index is 12.2. The molecule has 0 aromatic heterocycles. The lowest BCUT2D eigenvalue weighted by Crippen LogP contribution is -2.43. The number of urea groups is 1. The van der Waals surface area contributed by atoms with Crippen molar-refractivity contribution in [1.29, 1.82) is 0 Å². The number of carbonyl (C=O) groups excluding carboxylic acids is 4. The molecule has 1 aromatic carbocycles. The zero-order valence-corrected chi connectivity index (χ0v) is 14.6. The third-order valence-electron chi connectivity index (χ3n) is 3.81. The summed E-state index contributed by atoms with van der Waals surface area (Å²) >= 11 is 5.80. The van der Waals surface area contributed by atoms with Crippen molar-refractivity contribution in [2.75, 3.05) is 18.5 Å². The van der Waals surface area contributed by atoms with Gasteiger partial charge in [-0.1, -0.05) is 24.6 Å². The molecule has 1 fully saturated rings. The molecule has 1 atom stereocenters. The molecule has 0 aliphatic carbocycles. The second-order valence-corrected chi connectivity index (χ2v) is 6.16. The van der Waals surface area contributed by atoms with Crippen LogP contribution in [-0.2, 0) is 19.1 Å². The van der Waals surface area contributed by atoms with E-state index >= 15 is 0 Å². The molecule has 2 rings (SSSR count). The van der Waals surface area contributed by atoms with Gasteiger partial charge in [-0.2, -0.15) is 0 Å². The van der Waals surface area contributed by atoms with Gasteiger partial charge in [-0.15, -0.1) is 0 Å². The van der Waals surface area contributed by atoms with Gasteiger partial charge in [-0.3, -0.25) is 19.3 Å². The molecule has 1 aromatic rings. The summed E-state index contributed by atoms with van der Waals surface area (Å²) in [5.41, 5.74) is -0.567. The molecule has 25 heavy (non-hydrogen) atoms. The van der Waals surface area contributed by atoms with Crippen molar-refractivity contribution >= 4 is 41.1 Å². The van der Waals surface area contributed by atoms with Crippen molar-refractivity contribution in [3.8, 4) is 0 Å². The zero-order valence-electron chi connectivity index (χ0n) is 13.8. The number of rotatable bonds is 6. The predicted molar refractivity (Wildman–Crippen MR) is 90.0 cm³/mol. The standard InChI is InChI=1S/C16H18ClN3O5/c1-3-16(2)14(23)20(15(24)19-16)8-13(22)25-9-12(21)18-11-6-4-5-10(17)7-11/h4-7H,3,8-9H2,1-2H3,(H,18,21)(H,19,24)/t16-/m1/s1. The van der Waals surface area contributed by atoms with Crippen LogP contribution in [0.5, 0.6) is 0 Å². The number of anilines is 1. The van der Waals surface area contributed by atoms with E-state index in [2.05, 4.69) is 10.6 Å². The van der Waals surface area contributed by atoms with Gasteiger partial charge < -0.3 is 15.4 Å². The van der Waals surface area contributed by atoms with E-state index in [1.165, 1.54) is 0 Å². The van der Waals surface area contributed by atoms with Gasteiger partial charge in [-0.25, -0.2) is 4.79 Å². The summed E-state index contributed by atoms with van der Waals surface area (Å²) in [6.07, 6.45) is 0.394.